The van der Waals surface area contributed by atoms with Gasteiger partial charge in [0.05, 0.1) is 17.3 Å². The Morgan fingerprint density at radius 3 is 2.78 bits per heavy atom. The molecular weight excluding hydrogens is 400 g/mol. The topological polar surface area (TPSA) is 78.3 Å². The van der Waals surface area contributed by atoms with Crippen LogP contribution in [0.15, 0.2) is 42.9 Å². The van der Waals surface area contributed by atoms with Crippen LogP contribution in [0.1, 0.15) is 54.1 Å². The van der Waals surface area contributed by atoms with Gasteiger partial charge in [-0.2, -0.15) is 5.10 Å². The summed E-state index contributed by atoms with van der Waals surface area (Å²) in [5, 5.41) is 8.72. The second-order valence-electron chi connectivity index (χ2n) is 9.32. The van der Waals surface area contributed by atoms with E-state index < -0.39 is 0 Å². The zero-order valence-corrected chi connectivity index (χ0v) is 18.3. The average Bonchev–Trinajstić information content (AvgIpc) is 3.37. The average molecular weight is 429 g/mol. The molecule has 5 heterocycles. The van der Waals surface area contributed by atoms with E-state index in [1.54, 1.807) is 10.7 Å². The lowest BCUT2D eigenvalue weighted by Gasteiger charge is -2.29. The number of fused-ring (bicyclic) bond motifs is 2. The fourth-order valence-corrected chi connectivity index (χ4v) is 4.93. The van der Waals surface area contributed by atoms with Gasteiger partial charge in [-0.1, -0.05) is 6.42 Å². The molecule has 6 rings (SSSR count). The van der Waals surface area contributed by atoms with E-state index in [-0.39, 0.29) is 11.9 Å². The van der Waals surface area contributed by atoms with Crippen LogP contribution in [0, 0.1) is 0 Å². The minimum Gasteiger partial charge on any atom is -0.349 e. The summed E-state index contributed by atoms with van der Waals surface area (Å²) in [5.74, 6) is 0.567. The second-order valence-corrected chi connectivity index (χ2v) is 9.32. The van der Waals surface area contributed by atoms with Crippen molar-refractivity contribution >= 4 is 22.5 Å². The highest BCUT2D eigenvalue weighted by Crippen LogP contribution is 2.37. The van der Waals surface area contributed by atoms with Crippen molar-refractivity contribution in [2.24, 2.45) is 0 Å². The molecule has 0 aromatic carbocycles. The maximum Gasteiger partial charge on any atom is 0.255 e. The molecule has 2 aliphatic rings. The Hall–Kier alpha value is -3.19. The molecule has 4 aromatic rings. The van der Waals surface area contributed by atoms with Crippen LogP contribution in [0.25, 0.3) is 27.7 Å². The number of H-pyrrole nitrogens is 1. The molecule has 0 unspecified atom stereocenters. The zero-order valence-electron chi connectivity index (χ0n) is 18.3. The minimum atomic E-state index is -0.0440. The Morgan fingerprint density at radius 1 is 1.16 bits per heavy atom. The van der Waals surface area contributed by atoms with Gasteiger partial charge in [0.25, 0.3) is 5.91 Å². The van der Waals surface area contributed by atoms with E-state index in [9.17, 15) is 4.79 Å². The van der Waals surface area contributed by atoms with E-state index in [1.807, 2.05) is 18.5 Å². The van der Waals surface area contributed by atoms with E-state index in [1.165, 1.54) is 25.0 Å². The van der Waals surface area contributed by atoms with Crippen molar-refractivity contribution in [3.8, 4) is 11.1 Å². The van der Waals surface area contributed by atoms with Gasteiger partial charge in [-0.15, -0.1) is 0 Å². The Bertz CT molecular complexity index is 1290. The van der Waals surface area contributed by atoms with Crippen LogP contribution in [0.2, 0.25) is 0 Å². The number of nitrogens with one attached hydrogen (secondary N) is 2. The Morgan fingerprint density at radius 2 is 2.00 bits per heavy atom. The van der Waals surface area contributed by atoms with Gasteiger partial charge in [-0.3, -0.25) is 4.79 Å². The molecular formula is C25H28N6O. The van der Waals surface area contributed by atoms with Crippen molar-refractivity contribution in [1.82, 2.24) is 29.8 Å². The van der Waals surface area contributed by atoms with Gasteiger partial charge < -0.3 is 15.2 Å². The number of amides is 1. The van der Waals surface area contributed by atoms with Gasteiger partial charge in [-0.05, 0) is 75.6 Å². The number of piperidine rings is 1. The second kappa shape index (κ2) is 7.74. The van der Waals surface area contributed by atoms with Gasteiger partial charge in [0.1, 0.15) is 5.65 Å². The molecule has 2 fully saturated rings. The van der Waals surface area contributed by atoms with Crippen LogP contribution in [0.5, 0.6) is 0 Å². The van der Waals surface area contributed by atoms with Gasteiger partial charge >= 0.3 is 0 Å². The molecule has 32 heavy (non-hydrogen) atoms. The summed E-state index contributed by atoms with van der Waals surface area (Å²) in [6, 6.07) is 8.67. The van der Waals surface area contributed by atoms with Crippen LogP contribution >= 0.6 is 0 Å². The van der Waals surface area contributed by atoms with E-state index >= 15 is 0 Å². The van der Waals surface area contributed by atoms with Gasteiger partial charge in [0.15, 0.2) is 0 Å². The van der Waals surface area contributed by atoms with Crippen molar-refractivity contribution in [3.05, 3.63) is 54.1 Å². The first-order chi connectivity index (χ1) is 15.7. The number of aromatic nitrogens is 4. The zero-order chi connectivity index (χ0) is 21.7. The first-order valence-electron chi connectivity index (χ1n) is 11.6. The number of rotatable bonds is 4. The largest absolute Gasteiger partial charge is 0.349 e. The number of carbonyl (C=O) groups is 1. The van der Waals surface area contributed by atoms with E-state index in [2.05, 4.69) is 45.5 Å². The summed E-state index contributed by atoms with van der Waals surface area (Å²) >= 11 is 0. The van der Waals surface area contributed by atoms with Crippen LogP contribution in [0.4, 0.5) is 0 Å². The van der Waals surface area contributed by atoms with Gasteiger partial charge in [0.2, 0.25) is 0 Å². The molecule has 0 spiro atoms. The van der Waals surface area contributed by atoms with Crippen molar-refractivity contribution < 1.29 is 4.79 Å². The summed E-state index contributed by atoms with van der Waals surface area (Å²) in [7, 11) is 2.12. The number of hydrogen-bond donors (Lipinski definition) is 2. The molecule has 164 valence electrons. The number of nitrogens with zero attached hydrogens (tertiary/aromatic N) is 4. The first-order valence-corrected chi connectivity index (χ1v) is 11.6. The molecule has 1 saturated carbocycles. The van der Waals surface area contributed by atoms with Gasteiger partial charge in [0, 0.05) is 41.0 Å². The summed E-state index contributed by atoms with van der Waals surface area (Å²) < 4.78 is 1.77. The fourth-order valence-electron chi connectivity index (χ4n) is 4.93. The van der Waals surface area contributed by atoms with Crippen molar-refractivity contribution in [1.29, 1.82) is 0 Å². The smallest absolute Gasteiger partial charge is 0.255 e. The fraction of sp³-hybridized carbons (Fsp3) is 0.400. The number of aromatic amines is 1. The van der Waals surface area contributed by atoms with Crippen LogP contribution in [-0.2, 0) is 0 Å². The predicted molar refractivity (Wildman–Crippen MR) is 125 cm³/mol. The molecule has 0 atom stereocenters. The number of likely N-dealkylation sites (tertiary alicyclic amines) is 1. The summed E-state index contributed by atoms with van der Waals surface area (Å²) in [6.45, 7) is 2.03. The summed E-state index contributed by atoms with van der Waals surface area (Å²) in [6.07, 6.45) is 11.4. The molecule has 4 aromatic heterocycles. The number of pyridine rings is 2. The monoisotopic (exact) mass is 428 g/mol. The molecule has 0 bridgehead atoms. The van der Waals surface area contributed by atoms with Crippen LogP contribution in [-0.4, -0.2) is 56.6 Å². The highest BCUT2D eigenvalue weighted by atomic mass is 16.1. The van der Waals surface area contributed by atoms with E-state index in [0.717, 1.165) is 53.6 Å². The van der Waals surface area contributed by atoms with E-state index in [4.69, 9.17) is 4.98 Å². The van der Waals surface area contributed by atoms with E-state index in [0.29, 0.717) is 11.5 Å². The standard InChI is InChI=1S/C25H28N6O/c1-30-10-8-18(9-11-30)28-25(32)21-15-27-31-12-7-17(13-23(21)31)20-14-26-24-19(20)5-6-22(29-24)16-3-2-4-16/h5-7,12-16,18H,2-4,8-11H2,1H3,(H,26,29)(H,28,32). The molecule has 1 aliphatic heterocycles. The van der Waals surface area contributed by atoms with Crippen molar-refractivity contribution in [2.75, 3.05) is 20.1 Å². The first kappa shape index (κ1) is 19.5. The Labute approximate surface area is 186 Å². The highest BCUT2D eigenvalue weighted by Gasteiger charge is 2.23. The quantitative estimate of drug-likeness (QED) is 0.516. The molecule has 2 N–H and O–H groups in total. The highest BCUT2D eigenvalue weighted by molar-refractivity contribution is 6.02. The normalized spacial score (nSPS) is 18.3. The molecule has 7 heteroatoms. The minimum absolute atomic E-state index is 0.0440. The summed E-state index contributed by atoms with van der Waals surface area (Å²) in [4.78, 5) is 23.5. The van der Waals surface area contributed by atoms with Crippen molar-refractivity contribution in [2.45, 2.75) is 44.1 Å². The SMILES string of the molecule is CN1CCC(NC(=O)c2cnn3ccc(-c4c[nH]c5nc(C6CCC6)ccc45)cc23)CC1. The molecule has 1 aliphatic carbocycles. The predicted octanol–water partition coefficient (Wildman–Crippen LogP) is 3.97. The maximum atomic E-state index is 13.0. The lowest BCUT2D eigenvalue weighted by molar-refractivity contribution is 0.0918. The lowest BCUT2D eigenvalue weighted by Crippen LogP contribution is -2.43. The molecule has 7 nitrogen and oxygen atoms in total. The Balaban J connectivity index is 1.30. The molecule has 0 radical (unpaired) electrons. The van der Waals surface area contributed by atoms with Gasteiger partial charge in [-0.25, -0.2) is 9.50 Å². The number of carbonyl (C=O) groups excluding carboxylic acids is 1. The Kier molecular flexibility index (Phi) is 4.72. The van der Waals surface area contributed by atoms with Crippen LogP contribution < -0.4 is 5.32 Å². The van der Waals surface area contributed by atoms with Crippen molar-refractivity contribution in [3.63, 3.8) is 0 Å². The maximum absolute atomic E-state index is 13.0. The number of hydrogen-bond acceptors (Lipinski definition) is 4. The molecule has 1 saturated heterocycles. The third-order valence-electron chi connectivity index (χ3n) is 7.21. The molecule has 1 amide bonds. The third-order valence-corrected chi connectivity index (χ3v) is 7.21. The third kappa shape index (κ3) is 3.37. The lowest BCUT2D eigenvalue weighted by atomic mass is 9.82. The summed E-state index contributed by atoms with van der Waals surface area (Å²) in [5.41, 5.74) is 5.71. The van der Waals surface area contributed by atoms with Crippen LogP contribution in [0.3, 0.4) is 0 Å².